The van der Waals surface area contributed by atoms with E-state index in [0.717, 1.165) is 28.4 Å². The second-order valence-corrected chi connectivity index (χ2v) is 9.43. The van der Waals surface area contributed by atoms with Crippen LogP contribution in [0.2, 0.25) is 5.02 Å². The summed E-state index contributed by atoms with van der Waals surface area (Å²) in [5, 5.41) is 8.21. The van der Waals surface area contributed by atoms with E-state index < -0.39 is 10.0 Å². The van der Waals surface area contributed by atoms with Crippen LogP contribution < -0.4 is 10.5 Å². The number of amides is 1. The molecule has 0 aliphatic carbocycles. The van der Waals surface area contributed by atoms with Crippen LogP contribution in [0.15, 0.2) is 46.7 Å². The van der Waals surface area contributed by atoms with Gasteiger partial charge >= 0.3 is 0 Å². The third kappa shape index (κ3) is 4.24. The zero-order valence-electron chi connectivity index (χ0n) is 14.7. The van der Waals surface area contributed by atoms with Gasteiger partial charge in [0, 0.05) is 22.0 Å². The molecule has 0 spiro atoms. The third-order valence-electron chi connectivity index (χ3n) is 4.06. The SMILES string of the molecule is Cc1ccc(C)n1-c1ccc(Cl)c(C(=O)NCc2ccc(S(N)(=O)=O)s2)c1. The number of nitrogens with zero attached hydrogens (tertiary/aromatic N) is 1. The molecule has 0 aliphatic heterocycles. The van der Waals surface area contributed by atoms with Gasteiger partial charge in [-0.1, -0.05) is 11.6 Å². The van der Waals surface area contributed by atoms with Crippen molar-refractivity contribution in [3.05, 3.63) is 69.3 Å². The molecule has 0 saturated heterocycles. The molecule has 3 N–H and O–H groups in total. The Morgan fingerprint density at radius 1 is 1.15 bits per heavy atom. The quantitative estimate of drug-likeness (QED) is 0.658. The average Bonchev–Trinajstić information content (AvgIpc) is 3.20. The molecule has 0 aliphatic rings. The number of carbonyl (C=O) groups is 1. The molecule has 0 unspecified atom stereocenters. The number of nitrogens with two attached hydrogens (primary N) is 1. The fourth-order valence-electron chi connectivity index (χ4n) is 2.77. The van der Waals surface area contributed by atoms with Gasteiger partial charge in [0.1, 0.15) is 4.21 Å². The fraction of sp³-hybridized carbons (Fsp3) is 0.167. The number of aromatic nitrogens is 1. The molecule has 2 aromatic heterocycles. The van der Waals surface area contributed by atoms with E-state index in [1.807, 2.05) is 36.6 Å². The van der Waals surface area contributed by atoms with Crippen LogP contribution >= 0.6 is 22.9 Å². The van der Waals surface area contributed by atoms with Gasteiger partial charge in [0.05, 0.1) is 17.1 Å². The first-order chi connectivity index (χ1) is 12.7. The van der Waals surface area contributed by atoms with Crippen molar-refractivity contribution in [3.8, 4) is 5.69 Å². The van der Waals surface area contributed by atoms with Crippen LogP contribution in [0.5, 0.6) is 0 Å². The van der Waals surface area contributed by atoms with Gasteiger partial charge in [0.15, 0.2) is 0 Å². The number of benzene rings is 1. The smallest absolute Gasteiger partial charge is 0.253 e. The number of hydrogen-bond donors (Lipinski definition) is 2. The number of thiophene rings is 1. The predicted molar refractivity (Wildman–Crippen MR) is 107 cm³/mol. The lowest BCUT2D eigenvalue weighted by atomic mass is 10.1. The number of sulfonamides is 1. The summed E-state index contributed by atoms with van der Waals surface area (Å²) in [6.07, 6.45) is 0. The van der Waals surface area contributed by atoms with Crippen LogP contribution in [0.25, 0.3) is 5.69 Å². The molecule has 0 radical (unpaired) electrons. The molecule has 3 aromatic rings. The first-order valence-electron chi connectivity index (χ1n) is 8.01. The summed E-state index contributed by atoms with van der Waals surface area (Å²) >= 11 is 7.24. The van der Waals surface area contributed by atoms with E-state index >= 15 is 0 Å². The molecule has 1 aromatic carbocycles. The number of primary sulfonamides is 1. The number of carbonyl (C=O) groups excluding carboxylic acids is 1. The Morgan fingerprint density at radius 2 is 1.81 bits per heavy atom. The highest BCUT2D eigenvalue weighted by Crippen LogP contribution is 2.24. The Kier molecular flexibility index (Phi) is 5.43. The van der Waals surface area contributed by atoms with Crippen LogP contribution in [0.4, 0.5) is 0 Å². The van der Waals surface area contributed by atoms with Crippen LogP contribution in [-0.2, 0) is 16.6 Å². The van der Waals surface area contributed by atoms with Gasteiger partial charge in [-0.25, -0.2) is 13.6 Å². The Bertz CT molecular complexity index is 1100. The average molecular weight is 424 g/mol. The van der Waals surface area contributed by atoms with Crippen molar-refractivity contribution in [3.63, 3.8) is 0 Å². The van der Waals surface area contributed by atoms with Gasteiger partial charge in [-0.2, -0.15) is 0 Å². The maximum atomic E-state index is 12.6. The maximum Gasteiger partial charge on any atom is 0.253 e. The number of nitrogens with one attached hydrogen (secondary N) is 1. The maximum absolute atomic E-state index is 12.6. The Labute approximate surface area is 166 Å². The van der Waals surface area contributed by atoms with E-state index in [1.54, 1.807) is 18.2 Å². The first kappa shape index (κ1) is 19.6. The second-order valence-electron chi connectivity index (χ2n) is 6.06. The van der Waals surface area contributed by atoms with Crippen LogP contribution in [0, 0.1) is 13.8 Å². The summed E-state index contributed by atoms with van der Waals surface area (Å²) in [6, 6.07) is 12.3. The van der Waals surface area contributed by atoms with Crippen molar-refractivity contribution in [2.45, 2.75) is 24.6 Å². The first-order valence-corrected chi connectivity index (χ1v) is 10.8. The Balaban J connectivity index is 1.81. The summed E-state index contributed by atoms with van der Waals surface area (Å²) in [5.41, 5.74) is 3.30. The summed E-state index contributed by atoms with van der Waals surface area (Å²) in [7, 11) is -3.74. The van der Waals surface area contributed by atoms with Crippen molar-refractivity contribution in [1.82, 2.24) is 9.88 Å². The van der Waals surface area contributed by atoms with Crippen LogP contribution in [0.1, 0.15) is 26.6 Å². The van der Waals surface area contributed by atoms with Crippen molar-refractivity contribution in [2.75, 3.05) is 0 Å². The summed E-state index contributed by atoms with van der Waals surface area (Å²) in [4.78, 5) is 13.3. The van der Waals surface area contributed by atoms with Crippen molar-refractivity contribution in [2.24, 2.45) is 5.14 Å². The largest absolute Gasteiger partial charge is 0.347 e. The number of aryl methyl sites for hydroxylation is 2. The van der Waals surface area contributed by atoms with Crippen molar-refractivity contribution in [1.29, 1.82) is 0 Å². The summed E-state index contributed by atoms with van der Waals surface area (Å²) in [5.74, 6) is -0.338. The lowest BCUT2D eigenvalue weighted by Gasteiger charge is -2.12. The number of hydrogen-bond acceptors (Lipinski definition) is 4. The molecule has 1 amide bonds. The van der Waals surface area contributed by atoms with E-state index in [-0.39, 0.29) is 16.7 Å². The van der Waals surface area contributed by atoms with Crippen molar-refractivity contribution >= 4 is 38.9 Å². The van der Waals surface area contributed by atoms with E-state index in [2.05, 4.69) is 5.32 Å². The molecule has 0 atom stereocenters. The second kappa shape index (κ2) is 7.47. The Hall–Kier alpha value is -2.13. The normalized spacial score (nSPS) is 11.6. The molecule has 3 rings (SSSR count). The molecule has 27 heavy (non-hydrogen) atoms. The lowest BCUT2D eigenvalue weighted by Crippen LogP contribution is -2.23. The highest BCUT2D eigenvalue weighted by atomic mass is 35.5. The van der Waals surface area contributed by atoms with E-state index in [9.17, 15) is 13.2 Å². The summed E-state index contributed by atoms with van der Waals surface area (Å²) in [6.45, 7) is 4.16. The van der Waals surface area contributed by atoms with Crippen molar-refractivity contribution < 1.29 is 13.2 Å². The zero-order valence-corrected chi connectivity index (χ0v) is 17.1. The molecule has 0 bridgehead atoms. The molecular formula is C18H18ClN3O3S2. The molecule has 0 saturated carbocycles. The third-order valence-corrected chi connectivity index (χ3v) is 6.92. The van der Waals surface area contributed by atoms with E-state index in [0.29, 0.717) is 15.5 Å². The lowest BCUT2D eigenvalue weighted by molar-refractivity contribution is 0.0951. The standard InChI is InChI=1S/C18H18ClN3O3S2/c1-11-3-4-12(2)22(11)13-5-7-16(19)15(9-13)18(23)21-10-14-6-8-17(26-14)27(20,24)25/h3-9H,10H2,1-2H3,(H,21,23)(H2,20,24,25). The number of halogens is 1. The van der Waals surface area contributed by atoms with Gasteiger partial charge < -0.3 is 9.88 Å². The van der Waals surface area contributed by atoms with Crippen LogP contribution in [-0.4, -0.2) is 18.9 Å². The highest BCUT2D eigenvalue weighted by Gasteiger charge is 2.15. The fourth-order valence-corrected chi connectivity index (χ4v) is 4.69. The van der Waals surface area contributed by atoms with Gasteiger partial charge in [-0.3, -0.25) is 4.79 Å². The number of rotatable bonds is 5. The molecule has 2 heterocycles. The topological polar surface area (TPSA) is 94.2 Å². The molecule has 142 valence electrons. The van der Waals surface area contributed by atoms with Crippen LogP contribution in [0.3, 0.4) is 0 Å². The van der Waals surface area contributed by atoms with Gasteiger partial charge in [-0.15, -0.1) is 11.3 Å². The van der Waals surface area contributed by atoms with Gasteiger partial charge in [-0.05, 0) is 56.3 Å². The predicted octanol–water partition coefficient (Wildman–Crippen LogP) is 3.39. The minimum absolute atomic E-state index is 0.0605. The molecule has 9 heteroatoms. The van der Waals surface area contributed by atoms with Gasteiger partial charge in [0.25, 0.3) is 5.91 Å². The van der Waals surface area contributed by atoms with E-state index in [1.165, 1.54) is 6.07 Å². The monoisotopic (exact) mass is 423 g/mol. The Morgan fingerprint density at radius 3 is 2.41 bits per heavy atom. The minimum atomic E-state index is -3.74. The van der Waals surface area contributed by atoms with Gasteiger partial charge in [0.2, 0.25) is 10.0 Å². The van der Waals surface area contributed by atoms with E-state index in [4.69, 9.17) is 16.7 Å². The zero-order chi connectivity index (χ0) is 19.8. The molecule has 6 nitrogen and oxygen atoms in total. The summed E-state index contributed by atoms with van der Waals surface area (Å²) < 4.78 is 24.8. The highest BCUT2D eigenvalue weighted by molar-refractivity contribution is 7.91. The molecule has 0 fully saturated rings. The molecular weight excluding hydrogens is 406 g/mol. The minimum Gasteiger partial charge on any atom is -0.347 e.